The molecule has 0 saturated carbocycles. The average molecular weight is 449 g/mol. The van der Waals surface area contributed by atoms with Crippen LogP contribution in [-0.4, -0.2) is 44.7 Å². The van der Waals surface area contributed by atoms with Crippen LogP contribution >= 0.6 is 0 Å². The van der Waals surface area contributed by atoms with E-state index in [0.717, 1.165) is 10.4 Å². The van der Waals surface area contributed by atoms with E-state index >= 15 is 0 Å². The van der Waals surface area contributed by atoms with E-state index in [-0.39, 0.29) is 17.1 Å². The summed E-state index contributed by atoms with van der Waals surface area (Å²) in [7, 11) is -2.49. The maximum absolute atomic E-state index is 14.9. The van der Waals surface area contributed by atoms with Crippen LogP contribution in [0.1, 0.15) is 23.6 Å². The zero-order valence-corrected chi connectivity index (χ0v) is 17.7. The monoisotopic (exact) mass is 449 g/mol. The number of fused-ring (bicyclic) bond motifs is 1. The molecular formula is C21H21F2N3O4S. The molecule has 2 heterocycles. The van der Waals surface area contributed by atoms with Crippen molar-refractivity contribution in [1.29, 1.82) is 0 Å². The number of nitrogens with two attached hydrogens (primary N) is 1. The van der Waals surface area contributed by atoms with E-state index < -0.39 is 33.0 Å². The number of benzene rings is 2. The van der Waals surface area contributed by atoms with Crippen LogP contribution in [0.4, 0.5) is 8.78 Å². The lowest BCUT2D eigenvalue weighted by molar-refractivity contribution is 0.171. The lowest BCUT2D eigenvalue weighted by atomic mass is 9.92. The van der Waals surface area contributed by atoms with Gasteiger partial charge in [-0.25, -0.2) is 26.5 Å². The fraction of sp³-hybridized carbons (Fsp3) is 0.286. The number of nitrogens with zero attached hydrogens (tertiary/aromatic N) is 2. The van der Waals surface area contributed by atoms with E-state index in [1.807, 2.05) is 0 Å². The summed E-state index contributed by atoms with van der Waals surface area (Å²) in [6.07, 6.45) is 1.23. The summed E-state index contributed by atoms with van der Waals surface area (Å²) in [4.78, 5) is 4.20. The molecule has 0 saturated heterocycles. The number of rotatable bonds is 3. The van der Waals surface area contributed by atoms with Crippen molar-refractivity contribution in [2.24, 2.45) is 10.7 Å². The number of sulfonamides is 1. The molecule has 0 aliphatic carbocycles. The van der Waals surface area contributed by atoms with Crippen LogP contribution in [-0.2, 0) is 15.6 Å². The van der Waals surface area contributed by atoms with Crippen LogP contribution in [0.3, 0.4) is 0 Å². The molecule has 0 aromatic heterocycles. The quantitative estimate of drug-likeness (QED) is 0.728. The highest BCUT2D eigenvalue weighted by atomic mass is 32.2. The number of guanidine groups is 1. The number of ether oxygens (including phenoxy) is 2. The van der Waals surface area contributed by atoms with Crippen molar-refractivity contribution in [3.63, 3.8) is 0 Å². The number of hydrogen-bond acceptors (Lipinski definition) is 6. The Hall–Kier alpha value is -3.14. The van der Waals surface area contributed by atoms with E-state index in [9.17, 15) is 17.2 Å². The van der Waals surface area contributed by atoms with E-state index in [0.29, 0.717) is 30.3 Å². The maximum Gasteiger partial charge on any atom is 0.239 e. The third-order valence-electron chi connectivity index (χ3n) is 5.25. The van der Waals surface area contributed by atoms with Gasteiger partial charge < -0.3 is 15.2 Å². The van der Waals surface area contributed by atoms with Crippen molar-refractivity contribution in [3.05, 3.63) is 58.9 Å². The van der Waals surface area contributed by atoms with Crippen molar-refractivity contribution >= 4 is 27.9 Å². The topological polar surface area (TPSA) is 94.2 Å². The van der Waals surface area contributed by atoms with Gasteiger partial charge in [0.15, 0.2) is 11.5 Å². The highest BCUT2D eigenvalue weighted by Gasteiger charge is 2.41. The predicted octanol–water partition coefficient (Wildman–Crippen LogP) is 2.87. The summed E-state index contributed by atoms with van der Waals surface area (Å²) in [6, 6.07) is 8.64. The minimum absolute atomic E-state index is 0.0100. The van der Waals surface area contributed by atoms with Crippen LogP contribution in [0.5, 0.6) is 11.5 Å². The molecule has 0 fully saturated rings. The predicted molar refractivity (Wildman–Crippen MR) is 113 cm³/mol. The first-order valence-corrected chi connectivity index (χ1v) is 11.1. The molecule has 2 aliphatic rings. The zero-order valence-electron chi connectivity index (χ0n) is 16.9. The second kappa shape index (κ2) is 7.52. The SMILES string of the molecule is CN1C(N)=NC(C)(c2cc(C=C(F)c3ccc4c(c3)OCCO4)ccc2F)CS1(=O)=O. The Balaban J connectivity index is 1.72. The minimum Gasteiger partial charge on any atom is -0.486 e. The van der Waals surface area contributed by atoms with Crippen molar-refractivity contribution in [2.45, 2.75) is 12.5 Å². The second-order valence-corrected chi connectivity index (χ2v) is 9.56. The molecule has 1 atom stereocenters. The van der Waals surface area contributed by atoms with Gasteiger partial charge in [-0.05, 0) is 48.9 Å². The molecule has 0 amide bonds. The molecule has 2 aromatic rings. The van der Waals surface area contributed by atoms with Gasteiger partial charge >= 0.3 is 0 Å². The molecule has 0 radical (unpaired) electrons. The molecule has 4 rings (SSSR count). The van der Waals surface area contributed by atoms with E-state index in [1.54, 1.807) is 12.1 Å². The van der Waals surface area contributed by atoms with Gasteiger partial charge in [0, 0.05) is 18.2 Å². The molecule has 0 spiro atoms. The van der Waals surface area contributed by atoms with E-state index in [4.69, 9.17) is 15.2 Å². The molecule has 2 aliphatic heterocycles. The molecular weight excluding hydrogens is 428 g/mol. The fourth-order valence-corrected chi connectivity index (χ4v) is 5.00. The Morgan fingerprint density at radius 2 is 1.90 bits per heavy atom. The second-order valence-electron chi connectivity index (χ2n) is 7.56. The highest BCUT2D eigenvalue weighted by molar-refractivity contribution is 7.89. The van der Waals surface area contributed by atoms with Gasteiger partial charge in [0.05, 0.1) is 5.75 Å². The maximum atomic E-state index is 14.9. The molecule has 1 unspecified atom stereocenters. The summed E-state index contributed by atoms with van der Waals surface area (Å²) < 4.78 is 66.2. The summed E-state index contributed by atoms with van der Waals surface area (Å²) in [5, 5.41) is 0. The first-order chi connectivity index (χ1) is 14.6. The Labute approximate surface area is 178 Å². The third-order valence-corrected chi connectivity index (χ3v) is 7.20. The molecule has 10 heteroatoms. The van der Waals surface area contributed by atoms with Crippen LogP contribution in [0, 0.1) is 5.82 Å². The average Bonchev–Trinajstić information content (AvgIpc) is 2.72. The lowest BCUT2D eigenvalue weighted by Crippen LogP contribution is -2.50. The first-order valence-electron chi connectivity index (χ1n) is 9.48. The van der Waals surface area contributed by atoms with Gasteiger partial charge in [0.1, 0.15) is 30.4 Å². The number of aliphatic imine (C=N–C) groups is 1. The van der Waals surface area contributed by atoms with E-state index in [2.05, 4.69) is 4.99 Å². The van der Waals surface area contributed by atoms with Gasteiger partial charge in [-0.15, -0.1) is 0 Å². The fourth-order valence-electron chi connectivity index (χ4n) is 3.55. The van der Waals surface area contributed by atoms with Crippen molar-refractivity contribution in [1.82, 2.24) is 4.31 Å². The normalized spacial score (nSPS) is 22.8. The summed E-state index contributed by atoms with van der Waals surface area (Å²) in [6.45, 7) is 2.29. The number of hydrogen-bond donors (Lipinski definition) is 1. The van der Waals surface area contributed by atoms with Crippen LogP contribution in [0.2, 0.25) is 0 Å². The van der Waals surface area contributed by atoms with E-state index in [1.165, 1.54) is 38.2 Å². The molecule has 2 N–H and O–H groups in total. The van der Waals surface area contributed by atoms with Gasteiger partial charge in [0.25, 0.3) is 0 Å². The molecule has 2 aromatic carbocycles. The van der Waals surface area contributed by atoms with Gasteiger partial charge in [-0.2, -0.15) is 0 Å². The standard InChI is InChI=1S/C21H21F2N3O4S/c1-21(12-31(27,28)26(2)20(24)25-21)15-9-13(3-5-16(15)22)10-17(23)14-4-6-18-19(11-14)30-8-7-29-18/h3-6,9-11H,7-8,12H2,1-2H3,(H2,24,25). The van der Waals surface area contributed by atoms with Gasteiger partial charge in [-0.1, -0.05) is 6.07 Å². The Bertz CT molecular complexity index is 1210. The van der Waals surface area contributed by atoms with Crippen molar-refractivity contribution in [2.75, 3.05) is 26.0 Å². The third kappa shape index (κ3) is 3.95. The van der Waals surface area contributed by atoms with Crippen LogP contribution in [0.25, 0.3) is 11.9 Å². The highest BCUT2D eigenvalue weighted by Crippen LogP contribution is 2.36. The minimum atomic E-state index is -3.78. The largest absolute Gasteiger partial charge is 0.486 e. The first kappa shape index (κ1) is 21.1. The van der Waals surface area contributed by atoms with Crippen LogP contribution in [0.15, 0.2) is 41.4 Å². The molecule has 7 nitrogen and oxygen atoms in total. The lowest BCUT2D eigenvalue weighted by Gasteiger charge is -2.34. The number of halogens is 2. The van der Waals surface area contributed by atoms with Gasteiger partial charge in [-0.3, -0.25) is 0 Å². The van der Waals surface area contributed by atoms with Crippen LogP contribution < -0.4 is 15.2 Å². The Morgan fingerprint density at radius 1 is 1.19 bits per heavy atom. The van der Waals surface area contributed by atoms with Gasteiger partial charge in [0.2, 0.25) is 16.0 Å². The smallest absolute Gasteiger partial charge is 0.239 e. The Morgan fingerprint density at radius 3 is 2.61 bits per heavy atom. The molecule has 31 heavy (non-hydrogen) atoms. The molecule has 0 bridgehead atoms. The summed E-state index contributed by atoms with van der Waals surface area (Å²) in [5.74, 6) is -0.947. The summed E-state index contributed by atoms with van der Waals surface area (Å²) >= 11 is 0. The zero-order chi connectivity index (χ0) is 22.4. The molecule has 164 valence electrons. The summed E-state index contributed by atoms with van der Waals surface area (Å²) in [5.41, 5.74) is 4.92. The van der Waals surface area contributed by atoms with Crippen molar-refractivity contribution < 1.29 is 26.7 Å². The Kier molecular flexibility index (Phi) is 5.12. The van der Waals surface area contributed by atoms with Crippen molar-refractivity contribution in [3.8, 4) is 11.5 Å².